The summed E-state index contributed by atoms with van der Waals surface area (Å²) in [5.74, 6) is -0.255. The molecule has 3 aromatic carbocycles. The van der Waals surface area contributed by atoms with Gasteiger partial charge in [0.1, 0.15) is 5.82 Å². The van der Waals surface area contributed by atoms with Gasteiger partial charge in [-0.3, -0.25) is 0 Å². The Morgan fingerprint density at radius 2 is 1.48 bits per heavy atom. The monoisotopic (exact) mass is 279 g/mol. The zero-order valence-electron chi connectivity index (χ0n) is 12.0. The van der Waals surface area contributed by atoms with Crippen molar-refractivity contribution >= 4 is 10.8 Å². The van der Waals surface area contributed by atoms with Gasteiger partial charge in [0.15, 0.2) is 0 Å². The molecule has 1 nitrogen and oxygen atoms in total. The van der Waals surface area contributed by atoms with Gasteiger partial charge in [-0.15, -0.1) is 0 Å². The van der Waals surface area contributed by atoms with E-state index in [1.54, 1.807) is 12.1 Å². The van der Waals surface area contributed by atoms with Crippen molar-refractivity contribution in [2.45, 2.75) is 18.9 Å². The molecule has 2 heteroatoms. The van der Waals surface area contributed by atoms with Crippen LogP contribution in [0.25, 0.3) is 10.8 Å². The standard InChI is InChI=1S/C19H18FN/c1-2-19(21,17-11-5-6-13-18(17)20)16-12-7-9-14-8-3-4-10-15(14)16/h3-13H,2,21H2,1H3. The maximum atomic E-state index is 14.3. The second-order valence-electron chi connectivity index (χ2n) is 5.33. The van der Waals surface area contributed by atoms with Gasteiger partial charge in [-0.05, 0) is 28.8 Å². The van der Waals surface area contributed by atoms with Crippen molar-refractivity contribution in [1.29, 1.82) is 0 Å². The summed E-state index contributed by atoms with van der Waals surface area (Å²) in [6, 6.07) is 20.9. The molecule has 0 aliphatic rings. The van der Waals surface area contributed by atoms with Gasteiger partial charge in [0, 0.05) is 5.56 Å². The summed E-state index contributed by atoms with van der Waals surface area (Å²) in [5, 5.41) is 2.20. The fourth-order valence-corrected chi connectivity index (χ4v) is 2.96. The number of benzene rings is 3. The highest BCUT2D eigenvalue weighted by Crippen LogP contribution is 2.36. The van der Waals surface area contributed by atoms with Crippen LogP contribution in [0.3, 0.4) is 0 Å². The lowest BCUT2D eigenvalue weighted by atomic mass is 9.79. The average Bonchev–Trinajstić information content (AvgIpc) is 2.54. The fraction of sp³-hybridized carbons (Fsp3) is 0.158. The third kappa shape index (κ3) is 2.22. The Morgan fingerprint density at radius 1 is 0.857 bits per heavy atom. The highest BCUT2D eigenvalue weighted by molar-refractivity contribution is 5.87. The van der Waals surface area contributed by atoms with E-state index in [-0.39, 0.29) is 5.82 Å². The SMILES string of the molecule is CCC(N)(c1ccccc1F)c1cccc2ccccc12. The Morgan fingerprint density at radius 3 is 2.24 bits per heavy atom. The van der Waals surface area contributed by atoms with Gasteiger partial charge in [0.05, 0.1) is 5.54 Å². The van der Waals surface area contributed by atoms with E-state index in [1.165, 1.54) is 6.07 Å². The number of rotatable bonds is 3. The molecule has 0 spiro atoms. The largest absolute Gasteiger partial charge is 0.318 e. The van der Waals surface area contributed by atoms with Gasteiger partial charge in [-0.25, -0.2) is 4.39 Å². The van der Waals surface area contributed by atoms with E-state index < -0.39 is 5.54 Å². The first-order valence-corrected chi connectivity index (χ1v) is 7.19. The van der Waals surface area contributed by atoms with Gasteiger partial charge < -0.3 is 5.73 Å². The van der Waals surface area contributed by atoms with E-state index in [2.05, 4.69) is 12.1 Å². The Labute approximate surface area is 124 Å². The van der Waals surface area contributed by atoms with Crippen LogP contribution in [0.1, 0.15) is 24.5 Å². The lowest BCUT2D eigenvalue weighted by Crippen LogP contribution is -2.38. The molecule has 21 heavy (non-hydrogen) atoms. The molecule has 0 saturated carbocycles. The Hall–Kier alpha value is -2.19. The van der Waals surface area contributed by atoms with Gasteiger partial charge in [0.25, 0.3) is 0 Å². The second-order valence-corrected chi connectivity index (χ2v) is 5.33. The van der Waals surface area contributed by atoms with Crippen LogP contribution in [0, 0.1) is 5.82 Å². The molecule has 3 aromatic rings. The molecule has 0 aliphatic carbocycles. The maximum absolute atomic E-state index is 14.3. The minimum absolute atomic E-state index is 0.255. The maximum Gasteiger partial charge on any atom is 0.128 e. The quantitative estimate of drug-likeness (QED) is 0.745. The molecular formula is C19H18FN. The first-order chi connectivity index (χ1) is 10.2. The number of hydrogen-bond donors (Lipinski definition) is 1. The van der Waals surface area contributed by atoms with E-state index in [0.29, 0.717) is 12.0 Å². The van der Waals surface area contributed by atoms with Crippen molar-refractivity contribution in [3.05, 3.63) is 83.7 Å². The molecule has 0 radical (unpaired) electrons. The molecule has 1 atom stereocenters. The Balaban J connectivity index is 2.30. The molecule has 0 fully saturated rings. The van der Waals surface area contributed by atoms with Crippen molar-refractivity contribution in [2.24, 2.45) is 5.73 Å². The number of nitrogens with two attached hydrogens (primary N) is 1. The summed E-state index contributed by atoms with van der Waals surface area (Å²) in [6.07, 6.45) is 0.627. The molecule has 0 heterocycles. The van der Waals surface area contributed by atoms with E-state index in [0.717, 1.165) is 16.3 Å². The molecule has 0 amide bonds. The van der Waals surface area contributed by atoms with Crippen molar-refractivity contribution in [3.8, 4) is 0 Å². The predicted molar refractivity (Wildman–Crippen MR) is 85.6 cm³/mol. The lowest BCUT2D eigenvalue weighted by Gasteiger charge is -2.31. The van der Waals surface area contributed by atoms with Crippen LogP contribution < -0.4 is 5.73 Å². The highest BCUT2D eigenvalue weighted by atomic mass is 19.1. The van der Waals surface area contributed by atoms with Crippen LogP contribution in [0.5, 0.6) is 0 Å². The minimum atomic E-state index is -0.827. The van der Waals surface area contributed by atoms with Crippen molar-refractivity contribution < 1.29 is 4.39 Å². The predicted octanol–water partition coefficient (Wildman–Crippen LogP) is 4.59. The van der Waals surface area contributed by atoms with E-state index >= 15 is 0 Å². The van der Waals surface area contributed by atoms with Crippen LogP contribution in [-0.2, 0) is 5.54 Å². The first-order valence-electron chi connectivity index (χ1n) is 7.19. The summed E-state index contributed by atoms with van der Waals surface area (Å²) in [7, 11) is 0. The molecule has 0 aromatic heterocycles. The van der Waals surface area contributed by atoms with E-state index in [4.69, 9.17) is 5.73 Å². The van der Waals surface area contributed by atoms with Crippen LogP contribution in [0.4, 0.5) is 4.39 Å². The third-order valence-corrected chi connectivity index (χ3v) is 4.18. The molecular weight excluding hydrogens is 261 g/mol. The molecule has 0 saturated heterocycles. The third-order valence-electron chi connectivity index (χ3n) is 4.18. The number of halogens is 1. The molecule has 0 bridgehead atoms. The van der Waals surface area contributed by atoms with Crippen LogP contribution in [0.2, 0.25) is 0 Å². The van der Waals surface area contributed by atoms with Crippen molar-refractivity contribution in [2.75, 3.05) is 0 Å². The van der Waals surface area contributed by atoms with Crippen LogP contribution in [-0.4, -0.2) is 0 Å². The smallest absolute Gasteiger partial charge is 0.128 e. The summed E-state index contributed by atoms with van der Waals surface area (Å²) < 4.78 is 14.3. The summed E-state index contributed by atoms with van der Waals surface area (Å²) >= 11 is 0. The zero-order valence-corrected chi connectivity index (χ0v) is 12.0. The van der Waals surface area contributed by atoms with Gasteiger partial charge in [0.2, 0.25) is 0 Å². The zero-order chi connectivity index (χ0) is 14.9. The minimum Gasteiger partial charge on any atom is -0.318 e. The lowest BCUT2D eigenvalue weighted by molar-refractivity contribution is 0.482. The van der Waals surface area contributed by atoms with Crippen molar-refractivity contribution in [3.63, 3.8) is 0 Å². The first kappa shape index (κ1) is 13.8. The molecule has 1 unspecified atom stereocenters. The van der Waals surface area contributed by atoms with E-state index in [1.807, 2.05) is 43.3 Å². The van der Waals surface area contributed by atoms with Gasteiger partial charge >= 0.3 is 0 Å². The van der Waals surface area contributed by atoms with Crippen LogP contribution >= 0.6 is 0 Å². The van der Waals surface area contributed by atoms with Crippen LogP contribution in [0.15, 0.2) is 66.7 Å². The normalized spacial score (nSPS) is 14.0. The molecule has 106 valence electrons. The molecule has 2 N–H and O–H groups in total. The molecule has 3 rings (SSSR count). The number of fused-ring (bicyclic) bond motifs is 1. The topological polar surface area (TPSA) is 26.0 Å². The second kappa shape index (κ2) is 5.30. The summed E-state index contributed by atoms with van der Waals surface area (Å²) in [5.41, 5.74) is 7.35. The van der Waals surface area contributed by atoms with Gasteiger partial charge in [-0.2, -0.15) is 0 Å². The fourth-order valence-electron chi connectivity index (χ4n) is 2.96. The van der Waals surface area contributed by atoms with E-state index in [9.17, 15) is 4.39 Å². The number of hydrogen-bond acceptors (Lipinski definition) is 1. The van der Waals surface area contributed by atoms with Gasteiger partial charge in [-0.1, -0.05) is 67.6 Å². The van der Waals surface area contributed by atoms with Crippen molar-refractivity contribution in [1.82, 2.24) is 0 Å². The Bertz CT molecular complexity index is 776. The highest BCUT2D eigenvalue weighted by Gasteiger charge is 2.31. The summed E-state index contributed by atoms with van der Waals surface area (Å²) in [4.78, 5) is 0. The summed E-state index contributed by atoms with van der Waals surface area (Å²) in [6.45, 7) is 1.99. The molecule has 0 aliphatic heterocycles. The Kier molecular flexibility index (Phi) is 3.48. The average molecular weight is 279 g/mol.